The van der Waals surface area contributed by atoms with Crippen molar-refractivity contribution >= 4 is 17.5 Å². The van der Waals surface area contributed by atoms with Crippen LogP contribution in [0.5, 0.6) is 0 Å². The molecule has 0 aromatic heterocycles. The Morgan fingerprint density at radius 2 is 1.94 bits per heavy atom. The first-order valence-electron chi connectivity index (χ1n) is 6.49. The number of hydrogen-bond acceptors (Lipinski definition) is 1. The van der Waals surface area contributed by atoms with Crippen molar-refractivity contribution in [2.75, 3.05) is 19.0 Å². The van der Waals surface area contributed by atoms with E-state index in [2.05, 4.69) is 13.8 Å². The van der Waals surface area contributed by atoms with Gasteiger partial charge in [0.05, 0.1) is 0 Å². The first kappa shape index (κ1) is 13.8. The van der Waals surface area contributed by atoms with E-state index in [1.807, 2.05) is 4.90 Å². The normalized spacial score (nSPS) is 19.4. The van der Waals surface area contributed by atoms with Gasteiger partial charge in [-0.25, -0.2) is 0 Å². The number of amides is 1. The molecule has 0 radical (unpaired) electrons. The number of carbonyl (C=O) groups excluding carboxylic acids is 1. The van der Waals surface area contributed by atoms with E-state index in [1.54, 1.807) is 0 Å². The highest BCUT2D eigenvalue weighted by Crippen LogP contribution is 2.37. The Labute approximate surface area is 104 Å². The van der Waals surface area contributed by atoms with Crippen molar-refractivity contribution in [2.24, 2.45) is 5.41 Å². The molecular weight excluding hydrogens is 222 g/mol. The summed E-state index contributed by atoms with van der Waals surface area (Å²) in [6, 6.07) is 0. The molecule has 0 unspecified atom stereocenters. The molecule has 1 fully saturated rings. The van der Waals surface area contributed by atoms with Crippen molar-refractivity contribution < 1.29 is 4.79 Å². The van der Waals surface area contributed by atoms with Crippen LogP contribution in [0.1, 0.15) is 52.4 Å². The highest BCUT2D eigenvalue weighted by atomic mass is 35.5. The smallest absolute Gasteiger partial charge is 0.228 e. The summed E-state index contributed by atoms with van der Waals surface area (Å²) in [5.74, 6) is 0.986. The summed E-state index contributed by atoms with van der Waals surface area (Å²) < 4.78 is 0. The van der Waals surface area contributed by atoms with Gasteiger partial charge in [-0.3, -0.25) is 4.79 Å². The second-order valence-corrected chi connectivity index (χ2v) is 5.43. The fourth-order valence-corrected chi connectivity index (χ4v) is 2.70. The van der Waals surface area contributed by atoms with Crippen LogP contribution in [0.25, 0.3) is 0 Å². The van der Waals surface area contributed by atoms with Gasteiger partial charge in [-0.05, 0) is 26.2 Å². The summed E-state index contributed by atoms with van der Waals surface area (Å²) in [5, 5.41) is 0. The Balaban J connectivity index is 2.58. The van der Waals surface area contributed by atoms with Gasteiger partial charge in [-0.15, -0.1) is 11.6 Å². The SMILES string of the molecule is CCN(CCCCl)C(=O)C1(C)CCCCC1. The maximum absolute atomic E-state index is 12.4. The zero-order valence-electron chi connectivity index (χ0n) is 10.6. The van der Waals surface area contributed by atoms with E-state index >= 15 is 0 Å². The van der Waals surface area contributed by atoms with Crippen LogP contribution in [0, 0.1) is 5.41 Å². The highest BCUT2D eigenvalue weighted by molar-refractivity contribution is 6.17. The average molecular weight is 246 g/mol. The minimum Gasteiger partial charge on any atom is -0.342 e. The van der Waals surface area contributed by atoms with Gasteiger partial charge < -0.3 is 4.90 Å². The summed E-state index contributed by atoms with van der Waals surface area (Å²) in [4.78, 5) is 14.4. The third-order valence-corrected chi connectivity index (χ3v) is 3.97. The second kappa shape index (κ2) is 6.48. The van der Waals surface area contributed by atoms with E-state index < -0.39 is 0 Å². The highest BCUT2D eigenvalue weighted by Gasteiger charge is 2.36. The Hall–Kier alpha value is -0.240. The van der Waals surface area contributed by atoms with Gasteiger partial charge in [0.15, 0.2) is 0 Å². The molecule has 0 aromatic carbocycles. The molecule has 0 atom stereocenters. The summed E-state index contributed by atoms with van der Waals surface area (Å²) in [6.45, 7) is 5.82. The maximum Gasteiger partial charge on any atom is 0.228 e. The van der Waals surface area contributed by atoms with Crippen LogP contribution in [0.15, 0.2) is 0 Å². The number of halogens is 1. The molecule has 0 bridgehead atoms. The van der Waals surface area contributed by atoms with Gasteiger partial charge in [0.25, 0.3) is 0 Å². The van der Waals surface area contributed by atoms with Crippen LogP contribution in [-0.4, -0.2) is 29.8 Å². The minimum atomic E-state index is -0.0967. The quantitative estimate of drug-likeness (QED) is 0.680. The molecule has 1 aliphatic rings. The number of carbonyl (C=O) groups is 1. The standard InChI is InChI=1S/C13H24ClNO/c1-3-15(11-7-10-14)12(16)13(2)8-5-4-6-9-13/h3-11H2,1-2H3. The lowest BCUT2D eigenvalue weighted by Crippen LogP contribution is -2.43. The molecule has 0 spiro atoms. The third-order valence-electron chi connectivity index (χ3n) is 3.70. The molecule has 1 amide bonds. The predicted molar refractivity (Wildman–Crippen MR) is 68.8 cm³/mol. The fraction of sp³-hybridized carbons (Fsp3) is 0.923. The van der Waals surface area contributed by atoms with Crippen molar-refractivity contribution in [1.29, 1.82) is 0 Å². The molecular formula is C13H24ClNO. The Kier molecular flexibility index (Phi) is 5.60. The third kappa shape index (κ3) is 3.38. The topological polar surface area (TPSA) is 20.3 Å². The van der Waals surface area contributed by atoms with Gasteiger partial charge in [-0.1, -0.05) is 26.2 Å². The molecule has 0 saturated heterocycles. The van der Waals surface area contributed by atoms with Gasteiger partial charge >= 0.3 is 0 Å². The summed E-state index contributed by atoms with van der Waals surface area (Å²) >= 11 is 5.69. The molecule has 1 rings (SSSR count). The predicted octanol–water partition coefficient (Wildman–Crippen LogP) is 3.43. The fourth-order valence-electron chi connectivity index (χ4n) is 2.58. The number of alkyl halides is 1. The Morgan fingerprint density at radius 3 is 2.44 bits per heavy atom. The van der Waals surface area contributed by atoms with Crippen LogP contribution >= 0.6 is 11.6 Å². The number of nitrogens with zero attached hydrogens (tertiary/aromatic N) is 1. The van der Waals surface area contributed by atoms with Gasteiger partial charge in [0.1, 0.15) is 0 Å². The monoisotopic (exact) mass is 245 g/mol. The molecule has 1 aliphatic carbocycles. The lowest BCUT2D eigenvalue weighted by Gasteiger charge is -2.36. The average Bonchev–Trinajstić information content (AvgIpc) is 2.31. The van der Waals surface area contributed by atoms with E-state index in [4.69, 9.17) is 11.6 Å². The molecule has 16 heavy (non-hydrogen) atoms. The zero-order chi connectivity index (χ0) is 12.0. The lowest BCUT2D eigenvalue weighted by atomic mass is 9.74. The molecule has 0 aliphatic heterocycles. The number of hydrogen-bond donors (Lipinski definition) is 0. The van der Waals surface area contributed by atoms with E-state index in [-0.39, 0.29) is 5.41 Å². The molecule has 1 saturated carbocycles. The van der Waals surface area contributed by atoms with Crippen LogP contribution < -0.4 is 0 Å². The molecule has 0 N–H and O–H groups in total. The van der Waals surface area contributed by atoms with E-state index in [0.717, 1.165) is 32.4 Å². The molecule has 3 heteroatoms. The zero-order valence-corrected chi connectivity index (χ0v) is 11.4. The molecule has 0 aromatic rings. The molecule has 94 valence electrons. The summed E-state index contributed by atoms with van der Waals surface area (Å²) in [6.07, 6.45) is 6.71. The van der Waals surface area contributed by atoms with Crippen LogP contribution in [0.3, 0.4) is 0 Å². The van der Waals surface area contributed by atoms with Crippen LogP contribution in [-0.2, 0) is 4.79 Å². The van der Waals surface area contributed by atoms with Crippen molar-refractivity contribution in [1.82, 2.24) is 4.90 Å². The van der Waals surface area contributed by atoms with Gasteiger partial charge in [0.2, 0.25) is 5.91 Å². The number of rotatable bonds is 5. The summed E-state index contributed by atoms with van der Waals surface area (Å²) in [7, 11) is 0. The minimum absolute atomic E-state index is 0.0967. The Morgan fingerprint density at radius 1 is 1.31 bits per heavy atom. The van der Waals surface area contributed by atoms with Gasteiger partial charge in [0, 0.05) is 24.4 Å². The largest absolute Gasteiger partial charge is 0.342 e. The van der Waals surface area contributed by atoms with E-state index in [1.165, 1.54) is 19.3 Å². The van der Waals surface area contributed by atoms with Crippen molar-refractivity contribution in [2.45, 2.75) is 52.4 Å². The second-order valence-electron chi connectivity index (χ2n) is 5.05. The summed E-state index contributed by atoms with van der Waals surface area (Å²) in [5.41, 5.74) is -0.0967. The van der Waals surface area contributed by atoms with E-state index in [9.17, 15) is 4.79 Å². The Bertz CT molecular complexity index is 224. The van der Waals surface area contributed by atoms with Crippen LogP contribution in [0.4, 0.5) is 0 Å². The molecule has 0 heterocycles. The van der Waals surface area contributed by atoms with Crippen molar-refractivity contribution in [3.8, 4) is 0 Å². The lowest BCUT2D eigenvalue weighted by molar-refractivity contribution is -0.142. The first-order chi connectivity index (χ1) is 7.64. The van der Waals surface area contributed by atoms with Gasteiger partial charge in [-0.2, -0.15) is 0 Å². The first-order valence-corrected chi connectivity index (χ1v) is 7.03. The van der Waals surface area contributed by atoms with Crippen LogP contribution in [0.2, 0.25) is 0 Å². The molecule has 2 nitrogen and oxygen atoms in total. The maximum atomic E-state index is 12.4. The van der Waals surface area contributed by atoms with E-state index in [0.29, 0.717) is 11.8 Å². The van der Waals surface area contributed by atoms with Crippen molar-refractivity contribution in [3.63, 3.8) is 0 Å². The van der Waals surface area contributed by atoms with Crippen molar-refractivity contribution in [3.05, 3.63) is 0 Å².